The molecule has 0 radical (unpaired) electrons. The van der Waals surface area contributed by atoms with E-state index in [1.807, 2.05) is 35.2 Å². The fourth-order valence-corrected chi connectivity index (χ4v) is 3.29. The molecule has 27 heavy (non-hydrogen) atoms. The zero-order chi connectivity index (χ0) is 19.2. The summed E-state index contributed by atoms with van der Waals surface area (Å²) in [7, 11) is 3.36. The van der Waals surface area contributed by atoms with E-state index >= 15 is 0 Å². The third-order valence-electron chi connectivity index (χ3n) is 4.80. The summed E-state index contributed by atoms with van der Waals surface area (Å²) in [5, 5.41) is 2.86. The summed E-state index contributed by atoms with van der Waals surface area (Å²) in [5.41, 5.74) is 1.92. The number of ether oxygens (including phenoxy) is 1. The fraction of sp³-hybridized carbons (Fsp3) is 0.400. The van der Waals surface area contributed by atoms with E-state index in [1.165, 1.54) is 0 Å². The molecular weight excluding hydrogens is 346 g/mol. The maximum atomic E-state index is 12.8. The van der Waals surface area contributed by atoms with Crippen molar-refractivity contribution in [1.82, 2.24) is 15.1 Å². The predicted octanol–water partition coefficient (Wildman–Crippen LogP) is 1.64. The molecule has 1 aliphatic heterocycles. The van der Waals surface area contributed by atoms with Crippen LogP contribution in [0.4, 0.5) is 0 Å². The molecule has 7 nitrogen and oxygen atoms in total. The molecule has 0 unspecified atom stereocenters. The lowest BCUT2D eigenvalue weighted by molar-refractivity contribution is -0.138. The van der Waals surface area contributed by atoms with Crippen molar-refractivity contribution in [3.63, 3.8) is 0 Å². The Kier molecular flexibility index (Phi) is 6.13. The van der Waals surface area contributed by atoms with Crippen LogP contribution in [0, 0.1) is 0 Å². The quantitative estimate of drug-likeness (QED) is 0.801. The van der Waals surface area contributed by atoms with Crippen molar-refractivity contribution in [2.75, 3.05) is 27.2 Å². The molecule has 1 atom stereocenters. The predicted molar refractivity (Wildman–Crippen MR) is 100 cm³/mol. The molecule has 0 aliphatic carbocycles. The van der Waals surface area contributed by atoms with E-state index in [1.54, 1.807) is 31.6 Å². The van der Waals surface area contributed by atoms with E-state index in [9.17, 15) is 9.59 Å². The number of amides is 2. The second-order valence-electron chi connectivity index (χ2n) is 6.67. The third kappa shape index (κ3) is 4.68. The number of rotatable bonds is 7. The summed E-state index contributed by atoms with van der Waals surface area (Å²) < 4.78 is 10.5. The summed E-state index contributed by atoms with van der Waals surface area (Å²) in [5.74, 6) is 0.554. The molecule has 1 aromatic heterocycles. The third-order valence-corrected chi connectivity index (χ3v) is 4.80. The van der Waals surface area contributed by atoms with E-state index in [0.29, 0.717) is 26.2 Å². The SMILES string of the molecule is COc1ccccc1CN(C)C(=O)C[C@H]1C(=O)NCCN1Cc1ccoc1. The first kappa shape index (κ1) is 19.0. The highest BCUT2D eigenvalue weighted by molar-refractivity contribution is 5.88. The topological polar surface area (TPSA) is 75.0 Å². The van der Waals surface area contributed by atoms with E-state index in [4.69, 9.17) is 9.15 Å². The van der Waals surface area contributed by atoms with Gasteiger partial charge in [0.2, 0.25) is 11.8 Å². The van der Waals surface area contributed by atoms with Crippen LogP contribution in [0.15, 0.2) is 47.3 Å². The summed E-state index contributed by atoms with van der Waals surface area (Å²) in [4.78, 5) is 28.8. The second kappa shape index (κ2) is 8.73. The zero-order valence-corrected chi connectivity index (χ0v) is 15.7. The Morgan fingerprint density at radius 1 is 1.37 bits per heavy atom. The highest BCUT2D eigenvalue weighted by atomic mass is 16.5. The number of hydrogen-bond acceptors (Lipinski definition) is 5. The Hall–Kier alpha value is -2.80. The first-order valence-electron chi connectivity index (χ1n) is 8.97. The van der Waals surface area contributed by atoms with Gasteiger partial charge < -0.3 is 19.4 Å². The molecule has 1 fully saturated rings. The highest BCUT2D eigenvalue weighted by Crippen LogP contribution is 2.20. The lowest BCUT2D eigenvalue weighted by atomic mass is 10.1. The van der Waals surface area contributed by atoms with E-state index in [0.717, 1.165) is 16.9 Å². The van der Waals surface area contributed by atoms with Crippen LogP contribution in [0.2, 0.25) is 0 Å². The number of nitrogens with zero attached hydrogens (tertiary/aromatic N) is 2. The van der Waals surface area contributed by atoms with Crippen LogP contribution in [-0.4, -0.2) is 54.9 Å². The van der Waals surface area contributed by atoms with E-state index in [-0.39, 0.29) is 18.2 Å². The largest absolute Gasteiger partial charge is 0.496 e. The molecule has 2 heterocycles. The van der Waals surface area contributed by atoms with Crippen LogP contribution < -0.4 is 10.1 Å². The number of nitrogens with one attached hydrogen (secondary N) is 1. The van der Waals surface area contributed by atoms with Crippen LogP contribution in [0.1, 0.15) is 17.5 Å². The molecule has 1 N–H and O–H groups in total. The van der Waals surface area contributed by atoms with Gasteiger partial charge in [0.05, 0.1) is 32.1 Å². The first-order chi connectivity index (χ1) is 13.1. The van der Waals surface area contributed by atoms with Gasteiger partial charge in [-0.15, -0.1) is 0 Å². The van der Waals surface area contributed by atoms with Crippen molar-refractivity contribution in [1.29, 1.82) is 0 Å². The van der Waals surface area contributed by atoms with Crippen LogP contribution in [0.3, 0.4) is 0 Å². The monoisotopic (exact) mass is 371 g/mol. The van der Waals surface area contributed by atoms with Gasteiger partial charge in [-0.25, -0.2) is 0 Å². The van der Waals surface area contributed by atoms with Gasteiger partial charge in [-0.2, -0.15) is 0 Å². The van der Waals surface area contributed by atoms with Crippen LogP contribution in [0.5, 0.6) is 5.75 Å². The average molecular weight is 371 g/mol. The summed E-state index contributed by atoms with van der Waals surface area (Å²) >= 11 is 0. The number of hydrogen-bond donors (Lipinski definition) is 1. The molecule has 144 valence electrons. The Morgan fingerprint density at radius 3 is 2.93 bits per heavy atom. The van der Waals surface area contributed by atoms with E-state index < -0.39 is 6.04 Å². The van der Waals surface area contributed by atoms with Gasteiger partial charge in [0.1, 0.15) is 5.75 Å². The maximum Gasteiger partial charge on any atom is 0.237 e. The molecule has 0 spiro atoms. The standard InChI is InChI=1S/C20H25N3O4/c1-22(13-16-5-3-4-6-18(16)26-2)19(24)11-17-20(25)21-8-9-23(17)12-15-7-10-27-14-15/h3-7,10,14,17H,8-9,11-13H2,1-2H3,(H,21,25)/t17-/m0/s1. The summed E-state index contributed by atoms with van der Waals surface area (Å²) in [6.07, 6.45) is 3.41. The van der Waals surface area contributed by atoms with Crippen molar-refractivity contribution < 1.29 is 18.7 Å². The second-order valence-corrected chi connectivity index (χ2v) is 6.67. The van der Waals surface area contributed by atoms with Gasteiger partial charge in [0, 0.05) is 44.4 Å². The first-order valence-corrected chi connectivity index (χ1v) is 8.97. The Balaban J connectivity index is 1.65. The lowest BCUT2D eigenvalue weighted by Gasteiger charge is -2.35. The number of methoxy groups -OCH3 is 1. The maximum absolute atomic E-state index is 12.8. The van der Waals surface area contributed by atoms with Gasteiger partial charge in [0.25, 0.3) is 0 Å². The van der Waals surface area contributed by atoms with Crippen molar-refractivity contribution >= 4 is 11.8 Å². The van der Waals surface area contributed by atoms with Crippen LogP contribution >= 0.6 is 0 Å². The van der Waals surface area contributed by atoms with Gasteiger partial charge in [-0.05, 0) is 12.1 Å². The molecule has 1 saturated heterocycles. The molecule has 1 aliphatic rings. The Bertz CT molecular complexity index is 775. The molecule has 3 rings (SSSR count). The minimum absolute atomic E-state index is 0.0832. The Labute approximate surface area is 158 Å². The molecular formula is C20H25N3O4. The smallest absolute Gasteiger partial charge is 0.237 e. The van der Waals surface area contributed by atoms with Crippen molar-refractivity contribution in [3.8, 4) is 5.75 Å². The van der Waals surface area contributed by atoms with Gasteiger partial charge in [-0.1, -0.05) is 18.2 Å². The number of carbonyl (C=O) groups is 2. The minimum atomic E-state index is -0.485. The summed E-state index contributed by atoms with van der Waals surface area (Å²) in [6.45, 7) is 2.29. The number of para-hydroxylation sites is 1. The van der Waals surface area contributed by atoms with Crippen molar-refractivity contribution in [3.05, 3.63) is 54.0 Å². The molecule has 0 bridgehead atoms. The Morgan fingerprint density at radius 2 is 2.19 bits per heavy atom. The van der Waals surface area contributed by atoms with Gasteiger partial charge in [-0.3, -0.25) is 14.5 Å². The molecule has 2 amide bonds. The number of piperazine rings is 1. The van der Waals surface area contributed by atoms with Gasteiger partial charge >= 0.3 is 0 Å². The minimum Gasteiger partial charge on any atom is -0.496 e. The zero-order valence-electron chi connectivity index (χ0n) is 15.7. The van der Waals surface area contributed by atoms with Crippen LogP contribution in [0.25, 0.3) is 0 Å². The van der Waals surface area contributed by atoms with Crippen molar-refractivity contribution in [2.24, 2.45) is 0 Å². The lowest BCUT2D eigenvalue weighted by Crippen LogP contribution is -2.56. The molecule has 0 saturated carbocycles. The molecule has 1 aromatic carbocycles. The summed E-state index contributed by atoms with van der Waals surface area (Å²) in [6, 6.07) is 9.00. The average Bonchev–Trinajstić information content (AvgIpc) is 3.18. The number of carbonyl (C=O) groups excluding carboxylic acids is 2. The molecule has 7 heteroatoms. The number of furan rings is 1. The number of benzene rings is 1. The fourth-order valence-electron chi connectivity index (χ4n) is 3.29. The normalized spacial score (nSPS) is 17.4. The van der Waals surface area contributed by atoms with E-state index in [2.05, 4.69) is 5.32 Å². The van der Waals surface area contributed by atoms with Gasteiger partial charge in [0.15, 0.2) is 0 Å². The highest BCUT2D eigenvalue weighted by Gasteiger charge is 2.32. The van der Waals surface area contributed by atoms with Crippen LogP contribution in [-0.2, 0) is 22.7 Å². The molecule has 2 aromatic rings. The van der Waals surface area contributed by atoms with Crippen molar-refractivity contribution in [2.45, 2.75) is 25.6 Å².